The number of likely N-dealkylation sites (tertiary alicyclic amines) is 1. The average Bonchev–Trinajstić information content (AvgIpc) is 2.71. The van der Waals surface area contributed by atoms with Gasteiger partial charge in [-0.1, -0.05) is 0 Å². The minimum atomic E-state index is -4.52. The highest BCUT2D eigenvalue weighted by molar-refractivity contribution is 5.17. The normalized spacial score (nSPS) is 24.0. The van der Waals surface area contributed by atoms with Crippen LogP contribution in [0.25, 0.3) is 0 Å². The van der Waals surface area contributed by atoms with Crippen molar-refractivity contribution in [1.82, 2.24) is 19.8 Å². The van der Waals surface area contributed by atoms with E-state index in [-0.39, 0.29) is 6.04 Å². The van der Waals surface area contributed by atoms with Gasteiger partial charge >= 0.3 is 6.18 Å². The molecule has 0 bridgehead atoms. The van der Waals surface area contributed by atoms with Gasteiger partial charge in [0, 0.05) is 43.1 Å². The van der Waals surface area contributed by atoms with Gasteiger partial charge in [0.1, 0.15) is 0 Å². The van der Waals surface area contributed by atoms with Crippen molar-refractivity contribution in [3.05, 3.63) is 23.3 Å². The van der Waals surface area contributed by atoms with Crippen LogP contribution in [0.3, 0.4) is 0 Å². The summed E-state index contributed by atoms with van der Waals surface area (Å²) in [5, 5.41) is 9.96. The number of hydrogen-bond donors (Lipinski definition) is 1. The number of rotatable bonds is 3. The molecule has 2 unspecified atom stereocenters. The van der Waals surface area contributed by atoms with Crippen LogP contribution in [-0.2, 0) is 12.7 Å². The second-order valence-corrected chi connectivity index (χ2v) is 5.59. The molecule has 8 heteroatoms. The molecule has 2 rings (SSSR count). The molecule has 1 N–H and O–H groups in total. The number of alkyl halides is 3. The number of halogens is 3. The van der Waals surface area contributed by atoms with Gasteiger partial charge in [-0.3, -0.25) is 4.90 Å². The van der Waals surface area contributed by atoms with E-state index in [1.54, 1.807) is 6.92 Å². The highest BCUT2D eigenvalue weighted by Crippen LogP contribution is 2.26. The van der Waals surface area contributed by atoms with Gasteiger partial charge in [0.05, 0.1) is 6.10 Å². The van der Waals surface area contributed by atoms with E-state index in [0.717, 1.165) is 0 Å². The predicted molar refractivity (Wildman–Crippen MR) is 70.5 cm³/mol. The monoisotopic (exact) mass is 304 g/mol. The minimum Gasteiger partial charge on any atom is -0.390 e. The fourth-order valence-electron chi connectivity index (χ4n) is 2.51. The van der Waals surface area contributed by atoms with Gasteiger partial charge in [0.15, 0.2) is 0 Å². The van der Waals surface area contributed by atoms with Gasteiger partial charge in [-0.15, -0.1) is 0 Å². The maximum Gasteiger partial charge on any atom is 0.451 e. The average molecular weight is 304 g/mol. The number of aryl methyl sites for hydroxylation is 1. The first kappa shape index (κ1) is 16.1. The van der Waals surface area contributed by atoms with Gasteiger partial charge in [0.2, 0.25) is 5.82 Å². The Morgan fingerprint density at radius 3 is 2.52 bits per heavy atom. The summed E-state index contributed by atoms with van der Waals surface area (Å²) in [6.45, 7) is 3.13. The molecule has 2 atom stereocenters. The smallest absolute Gasteiger partial charge is 0.390 e. The topological polar surface area (TPSA) is 52.5 Å². The molecule has 1 fully saturated rings. The quantitative estimate of drug-likeness (QED) is 0.899. The maximum atomic E-state index is 12.5. The van der Waals surface area contributed by atoms with Crippen LogP contribution in [0.5, 0.6) is 0 Å². The Kier molecular flexibility index (Phi) is 4.50. The van der Waals surface area contributed by atoms with E-state index in [1.165, 1.54) is 6.20 Å². The highest BCUT2D eigenvalue weighted by atomic mass is 19.4. The summed E-state index contributed by atoms with van der Waals surface area (Å²) in [4.78, 5) is 10.9. The zero-order valence-electron chi connectivity index (χ0n) is 12.2. The molecule has 0 saturated carbocycles. The standard InChI is InChI=1S/C13H19F3N4O/c1-8-9(4-17-12(18-8)13(14,15)16)5-20-6-10(19(2)3)11(21)7-20/h4,10-11,21H,5-7H2,1-3H3. The van der Waals surface area contributed by atoms with Crippen LogP contribution in [0, 0.1) is 6.92 Å². The molecule has 0 spiro atoms. The SMILES string of the molecule is Cc1nc(C(F)(F)F)ncc1CN1CC(O)C(N(C)C)C1. The van der Waals surface area contributed by atoms with E-state index < -0.39 is 18.1 Å². The van der Waals surface area contributed by atoms with Crippen molar-refractivity contribution in [3.8, 4) is 0 Å². The molecule has 1 saturated heterocycles. The number of aromatic nitrogens is 2. The van der Waals surface area contributed by atoms with Crippen molar-refractivity contribution < 1.29 is 18.3 Å². The van der Waals surface area contributed by atoms with Gasteiger partial charge < -0.3 is 10.0 Å². The summed E-state index contributed by atoms with van der Waals surface area (Å²) in [6, 6.07) is 0.0284. The molecule has 118 valence electrons. The van der Waals surface area contributed by atoms with Gasteiger partial charge in [0.25, 0.3) is 0 Å². The predicted octanol–water partition coefficient (Wildman–Crippen LogP) is 0.911. The van der Waals surface area contributed by atoms with Crippen molar-refractivity contribution >= 4 is 0 Å². The van der Waals surface area contributed by atoms with E-state index in [0.29, 0.717) is 30.9 Å². The first-order chi connectivity index (χ1) is 9.68. The zero-order valence-corrected chi connectivity index (χ0v) is 12.2. The summed E-state index contributed by atoms with van der Waals surface area (Å²) in [6.07, 6.45) is -3.76. The summed E-state index contributed by atoms with van der Waals surface area (Å²) >= 11 is 0. The Balaban J connectivity index is 2.08. The van der Waals surface area contributed by atoms with Crippen molar-refractivity contribution in [2.75, 3.05) is 27.2 Å². The van der Waals surface area contributed by atoms with E-state index >= 15 is 0 Å². The summed E-state index contributed by atoms with van der Waals surface area (Å²) in [7, 11) is 3.79. The van der Waals surface area contributed by atoms with Gasteiger partial charge in [-0.05, 0) is 21.0 Å². The van der Waals surface area contributed by atoms with E-state index in [1.807, 2.05) is 23.9 Å². The lowest BCUT2D eigenvalue weighted by Gasteiger charge is -2.22. The molecular formula is C13H19F3N4O. The largest absolute Gasteiger partial charge is 0.451 e. The fraction of sp³-hybridized carbons (Fsp3) is 0.692. The van der Waals surface area contributed by atoms with Crippen LogP contribution in [0.1, 0.15) is 17.1 Å². The lowest BCUT2D eigenvalue weighted by molar-refractivity contribution is -0.145. The molecule has 1 aliphatic heterocycles. The minimum absolute atomic E-state index is 0.0284. The maximum absolute atomic E-state index is 12.5. The molecule has 1 aliphatic rings. The van der Waals surface area contributed by atoms with Crippen molar-refractivity contribution in [2.45, 2.75) is 31.8 Å². The van der Waals surface area contributed by atoms with Crippen molar-refractivity contribution in [3.63, 3.8) is 0 Å². The number of β-amino-alcohol motifs (C(OH)–C–C–N with tert-alkyl or cyclic N) is 1. The lowest BCUT2D eigenvalue weighted by Crippen LogP contribution is -2.37. The Morgan fingerprint density at radius 1 is 1.38 bits per heavy atom. The third kappa shape index (κ3) is 3.69. The third-order valence-corrected chi connectivity index (χ3v) is 3.73. The van der Waals surface area contributed by atoms with Crippen LogP contribution in [-0.4, -0.2) is 64.2 Å². The number of aliphatic hydroxyl groups is 1. The number of likely N-dealkylation sites (N-methyl/N-ethyl adjacent to an activating group) is 1. The van der Waals surface area contributed by atoms with Crippen LogP contribution >= 0.6 is 0 Å². The Hall–Kier alpha value is -1.25. The van der Waals surface area contributed by atoms with Crippen molar-refractivity contribution in [2.24, 2.45) is 0 Å². The molecule has 5 nitrogen and oxygen atoms in total. The molecule has 21 heavy (non-hydrogen) atoms. The van der Waals surface area contributed by atoms with E-state index in [9.17, 15) is 18.3 Å². The number of nitrogens with zero attached hydrogens (tertiary/aromatic N) is 4. The number of aliphatic hydroxyl groups excluding tert-OH is 1. The first-order valence-corrected chi connectivity index (χ1v) is 6.65. The lowest BCUT2D eigenvalue weighted by atomic mass is 10.2. The molecular weight excluding hydrogens is 285 g/mol. The molecule has 1 aromatic rings. The van der Waals surface area contributed by atoms with Crippen LogP contribution in [0.15, 0.2) is 6.20 Å². The van der Waals surface area contributed by atoms with Crippen LogP contribution in [0.4, 0.5) is 13.2 Å². The highest BCUT2D eigenvalue weighted by Gasteiger charge is 2.36. The van der Waals surface area contributed by atoms with Gasteiger partial charge in [-0.2, -0.15) is 13.2 Å². The fourth-order valence-corrected chi connectivity index (χ4v) is 2.51. The summed E-state index contributed by atoms with van der Waals surface area (Å²) in [5.41, 5.74) is 0.967. The molecule has 1 aromatic heterocycles. The molecule has 0 radical (unpaired) electrons. The summed E-state index contributed by atoms with van der Waals surface area (Å²) in [5.74, 6) is -1.11. The Bertz CT molecular complexity index is 507. The second kappa shape index (κ2) is 5.86. The van der Waals surface area contributed by atoms with Crippen LogP contribution < -0.4 is 0 Å². The van der Waals surface area contributed by atoms with Crippen LogP contribution in [0.2, 0.25) is 0 Å². The van der Waals surface area contributed by atoms with E-state index in [4.69, 9.17) is 0 Å². The van der Waals surface area contributed by atoms with Gasteiger partial charge in [-0.25, -0.2) is 9.97 Å². The molecule has 0 aromatic carbocycles. The Morgan fingerprint density at radius 2 is 2.05 bits per heavy atom. The molecule has 0 aliphatic carbocycles. The van der Waals surface area contributed by atoms with E-state index in [2.05, 4.69) is 9.97 Å². The zero-order chi connectivity index (χ0) is 15.8. The first-order valence-electron chi connectivity index (χ1n) is 6.65. The second-order valence-electron chi connectivity index (χ2n) is 5.59. The van der Waals surface area contributed by atoms with Crippen molar-refractivity contribution in [1.29, 1.82) is 0 Å². The summed E-state index contributed by atoms with van der Waals surface area (Å²) < 4.78 is 37.6. The Labute approximate surface area is 121 Å². The molecule has 0 amide bonds. The third-order valence-electron chi connectivity index (χ3n) is 3.73. The number of hydrogen-bond acceptors (Lipinski definition) is 5. The molecule has 2 heterocycles.